The summed E-state index contributed by atoms with van der Waals surface area (Å²) in [5, 5.41) is 0. The maximum Gasteiger partial charge on any atom is 0.223 e. The molecule has 2 heterocycles. The minimum atomic E-state index is 0.0295. The number of amides is 1. The van der Waals surface area contributed by atoms with Crippen LogP contribution in [0.1, 0.15) is 31.2 Å². The molecule has 0 aliphatic carbocycles. The van der Waals surface area contributed by atoms with Crippen molar-refractivity contribution in [2.45, 2.75) is 31.7 Å². The van der Waals surface area contributed by atoms with Crippen LogP contribution in [0.2, 0.25) is 0 Å². The first-order valence-electron chi connectivity index (χ1n) is 6.99. The zero-order valence-electron chi connectivity index (χ0n) is 11.7. The molecule has 0 unspecified atom stereocenters. The lowest BCUT2D eigenvalue weighted by molar-refractivity contribution is -0.136. The van der Waals surface area contributed by atoms with E-state index in [9.17, 15) is 4.79 Å². The lowest BCUT2D eigenvalue weighted by Crippen LogP contribution is -2.47. The van der Waals surface area contributed by atoms with Crippen molar-refractivity contribution in [3.8, 4) is 0 Å². The van der Waals surface area contributed by atoms with Crippen LogP contribution in [-0.2, 0) is 16.8 Å². The fraction of sp³-hybridized carbons (Fsp3) is 0.375. The number of piperidine rings is 1. The van der Waals surface area contributed by atoms with Crippen LogP contribution in [0.3, 0.4) is 0 Å². The van der Waals surface area contributed by atoms with Crippen molar-refractivity contribution >= 4 is 5.91 Å². The molecule has 1 aromatic heterocycles. The zero-order chi connectivity index (χ0) is 14.0. The van der Waals surface area contributed by atoms with E-state index in [-0.39, 0.29) is 11.3 Å². The zero-order valence-corrected chi connectivity index (χ0v) is 11.7. The molecule has 20 heavy (non-hydrogen) atoms. The Morgan fingerprint density at radius 1 is 1.35 bits per heavy atom. The van der Waals surface area contributed by atoms with Gasteiger partial charge in [-0.15, -0.1) is 0 Å². The maximum atomic E-state index is 12.1. The van der Waals surface area contributed by atoms with E-state index in [2.05, 4.69) is 41.2 Å². The Balaban J connectivity index is 1.80. The highest BCUT2D eigenvalue weighted by Gasteiger charge is 2.36. The molecule has 0 radical (unpaired) electrons. The summed E-state index contributed by atoms with van der Waals surface area (Å²) in [5.74, 6) is 1.06. The number of carbonyl (C=O) groups is 1. The molecule has 0 spiro atoms. The summed E-state index contributed by atoms with van der Waals surface area (Å²) in [6.07, 6.45) is 5.02. The first-order chi connectivity index (χ1) is 9.67. The Hall–Kier alpha value is -2.10. The van der Waals surface area contributed by atoms with Gasteiger partial charge in [0.25, 0.3) is 0 Å². The molecule has 0 saturated carbocycles. The second-order valence-electron chi connectivity index (χ2n) is 5.71. The molecular weight excluding hydrogens is 250 g/mol. The third kappa shape index (κ3) is 2.46. The summed E-state index contributed by atoms with van der Waals surface area (Å²) in [6.45, 7) is 3.55. The van der Waals surface area contributed by atoms with E-state index in [0.717, 1.165) is 18.8 Å². The predicted octanol–water partition coefficient (Wildman–Crippen LogP) is 2.49. The minimum absolute atomic E-state index is 0.0295. The van der Waals surface area contributed by atoms with Crippen molar-refractivity contribution in [1.29, 1.82) is 0 Å². The third-order valence-corrected chi connectivity index (χ3v) is 4.15. The van der Waals surface area contributed by atoms with Gasteiger partial charge >= 0.3 is 0 Å². The molecule has 2 aromatic rings. The number of carbonyl (C=O) groups excluding carboxylic acids is 1. The summed E-state index contributed by atoms with van der Waals surface area (Å²) < 4.78 is 0. The Bertz CT molecular complexity index is 579. The van der Waals surface area contributed by atoms with E-state index in [1.54, 1.807) is 12.4 Å². The van der Waals surface area contributed by atoms with Gasteiger partial charge < -0.3 is 9.88 Å². The van der Waals surface area contributed by atoms with Crippen molar-refractivity contribution in [2.24, 2.45) is 0 Å². The van der Waals surface area contributed by atoms with E-state index >= 15 is 0 Å². The normalized spacial score (nSPS) is 23.1. The number of nitrogens with zero attached hydrogens (tertiary/aromatic N) is 2. The van der Waals surface area contributed by atoms with E-state index in [0.29, 0.717) is 13.0 Å². The van der Waals surface area contributed by atoms with E-state index in [1.807, 2.05) is 11.0 Å². The van der Waals surface area contributed by atoms with Crippen molar-refractivity contribution in [3.05, 3.63) is 54.1 Å². The molecule has 1 amide bonds. The first-order valence-corrected chi connectivity index (χ1v) is 6.99. The third-order valence-electron chi connectivity index (χ3n) is 4.15. The molecule has 1 fully saturated rings. The monoisotopic (exact) mass is 269 g/mol. The summed E-state index contributed by atoms with van der Waals surface area (Å²) in [6, 6.07) is 10.5. The van der Waals surface area contributed by atoms with Crippen LogP contribution in [0.5, 0.6) is 0 Å². The van der Waals surface area contributed by atoms with Crippen LogP contribution in [-0.4, -0.2) is 27.3 Å². The Morgan fingerprint density at radius 3 is 2.85 bits per heavy atom. The largest absolute Gasteiger partial charge is 0.347 e. The molecule has 1 atom stereocenters. The van der Waals surface area contributed by atoms with Crippen LogP contribution in [0.25, 0.3) is 0 Å². The van der Waals surface area contributed by atoms with Gasteiger partial charge in [0.1, 0.15) is 5.82 Å². The van der Waals surface area contributed by atoms with Crippen molar-refractivity contribution < 1.29 is 4.79 Å². The smallest absolute Gasteiger partial charge is 0.223 e. The van der Waals surface area contributed by atoms with Gasteiger partial charge in [-0.1, -0.05) is 37.3 Å². The molecule has 1 saturated heterocycles. The highest BCUT2D eigenvalue weighted by molar-refractivity contribution is 5.77. The average Bonchev–Trinajstić information content (AvgIpc) is 2.97. The van der Waals surface area contributed by atoms with Gasteiger partial charge in [0.2, 0.25) is 5.91 Å². The molecule has 104 valence electrons. The molecule has 0 bridgehead atoms. The Kier molecular flexibility index (Phi) is 3.30. The van der Waals surface area contributed by atoms with Gasteiger partial charge in [-0.05, 0) is 12.0 Å². The molecule has 1 aliphatic rings. The van der Waals surface area contributed by atoms with Crippen LogP contribution in [0.4, 0.5) is 0 Å². The lowest BCUT2D eigenvalue weighted by atomic mass is 9.76. The van der Waals surface area contributed by atoms with Crippen LogP contribution >= 0.6 is 0 Å². The van der Waals surface area contributed by atoms with Crippen LogP contribution < -0.4 is 0 Å². The van der Waals surface area contributed by atoms with Crippen LogP contribution in [0, 0.1) is 0 Å². The molecule has 1 N–H and O–H groups in total. The lowest BCUT2D eigenvalue weighted by Gasteiger charge is -2.40. The second-order valence-corrected chi connectivity index (χ2v) is 5.71. The number of imidazole rings is 1. The summed E-state index contributed by atoms with van der Waals surface area (Å²) in [7, 11) is 0. The molecule has 1 aliphatic heterocycles. The van der Waals surface area contributed by atoms with Crippen molar-refractivity contribution in [1.82, 2.24) is 14.9 Å². The van der Waals surface area contributed by atoms with E-state index in [4.69, 9.17) is 0 Å². The average molecular weight is 269 g/mol. The molecule has 4 nitrogen and oxygen atoms in total. The number of hydrogen-bond acceptors (Lipinski definition) is 2. The Labute approximate surface area is 118 Å². The number of aromatic amines is 1. The van der Waals surface area contributed by atoms with Gasteiger partial charge in [0, 0.05) is 30.8 Å². The van der Waals surface area contributed by atoms with E-state index in [1.165, 1.54) is 5.56 Å². The number of rotatable bonds is 3. The highest BCUT2D eigenvalue weighted by Crippen LogP contribution is 2.34. The number of nitrogens with one attached hydrogen (secondary N) is 1. The quantitative estimate of drug-likeness (QED) is 0.930. The second kappa shape index (κ2) is 5.12. The fourth-order valence-corrected chi connectivity index (χ4v) is 2.91. The van der Waals surface area contributed by atoms with Gasteiger partial charge in [-0.25, -0.2) is 4.98 Å². The standard InChI is InChI=1S/C16H19N3O/c1-16(13-5-3-2-4-6-13)8-7-15(20)19(12-16)11-14-17-9-10-18-14/h2-6,9-10H,7-8,11-12H2,1H3,(H,17,18)/t16-/m1/s1. The first kappa shape index (κ1) is 12.9. The molecule has 3 rings (SSSR count). The maximum absolute atomic E-state index is 12.1. The molecular formula is C16H19N3O. The predicted molar refractivity (Wildman–Crippen MR) is 77.0 cm³/mol. The number of H-pyrrole nitrogens is 1. The topological polar surface area (TPSA) is 49.0 Å². The van der Waals surface area contributed by atoms with Crippen molar-refractivity contribution in [3.63, 3.8) is 0 Å². The van der Waals surface area contributed by atoms with Gasteiger partial charge in [-0.3, -0.25) is 4.79 Å². The fourth-order valence-electron chi connectivity index (χ4n) is 2.91. The summed E-state index contributed by atoms with van der Waals surface area (Å²) >= 11 is 0. The number of benzene rings is 1. The van der Waals surface area contributed by atoms with Gasteiger partial charge in [0.15, 0.2) is 0 Å². The number of likely N-dealkylation sites (tertiary alicyclic amines) is 1. The summed E-state index contributed by atoms with van der Waals surface area (Å²) in [4.78, 5) is 21.3. The SMILES string of the molecule is C[C@@]1(c2ccccc2)CCC(=O)N(Cc2ncc[nH]2)C1. The highest BCUT2D eigenvalue weighted by atomic mass is 16.2. The van der Waals surface area contributed by atoms with E-state index < -0.39 is 0 Å². The van der Waals surface area contributed by atoms with Gasteiger partial charge in [0.05, 0.1) is 6.54 Å². The molecule has 1 aromatic carbocycles. The van der Waals surface area contributed by atoms with Gasteiger partial charge in [-0.2, -0.15) is 0 Å². The van der Waals surface area contributed by atoms with Crippen molar-refractivity contribution in [2.75, 3.05) is 6.54 Å². The minimum Gasteiger partial charge on any atom is -0.347 e. The van der Waals surface area contributed by atoms with Crippen LogP contribution in [0.15, 0.2) is 42.7 Å². The Morgan fingerprint density at radius 2 is 2.15 bits per heavy atom. The number of hydrogen-bond donors (Lipinski definition) is 1. The number of aromatic nitrogens is 2. The summed E-state index contributed by atoms with van der Waals surface area (Å²) in [5.41, 5.74) is 1.33. The molecule has 4 heteroatoms.